The largest absolute Gasteiger partial charge is 0.309 e. The zero-order chi connectivity index (χ0) is 38.2. The molecule has 6 nitrogen and oxygen atoms in total. The lowest BCUT2D eigenvalue weighted by molar-refractivity contribution is 1.13. The van der Waals surface area contributed by atoms with Crippen LogP contribution in [0.2, 0.25) is 0 Å². The quantitative estimate of drug-likeness (QED) is 0.170. The second-order valence-electron chi connectivity index (χ2n) is 14.3. The van der Waals surface area contributed by atoms with E-state index in [0.717, 1.165) is 82.8 Å². The minimum atomic E-state index is 0.549. The summed E-state index contributed by atoms with van der Waals surface area (Å²) >= 11 is 0. The molecule has 0 aliphatic rings. The topological polar surface area (TPSA) is 66.7 Å². The first kappa shape index (κ1) is 32.1. The van der Waals surface area contributed by atoms with Crippen LogP contribution in [0.4, 0.5) is 5.69 Å². The molecule has 262 valence electrons. The van der Waals surface area contributed by atoms with E-state index >= 15 is 0 Å². The normalized spacial score (nSPS) is 11.5. The molecule has 0 saturated heterocycles. The lowest BCUT2D eigenvalue weighted by Gasteiger charge is -2.16. The summed E-state index contributed by atoms with van der Waals surface area (Å²) in [4.78, 5) is 3.72. The maximum atomic E-state index is 10.6. The van der Waals surface area contributed by atoms with Crippen molar-refractivity contribution in [2.75, 3.05) is 0 Å². The van der Waals surface area contributed by atoms with Crippen LogP contribution in [0.15, 0.2) is 170 Å². The van der Waals surface area contributed by atoms with Gasteiger partial charge in [0.15, 0.2) is 5.69 Å². The van der Waals surface area contributed by atoms with Crippen LogP contribution in [0, 0.1) is 29.2 Å². The van der Waals surface area contributed by atoms with Crippen LogP contribution >= 0.6 is 0 Å². The van der Waals surface area contributed by atoms with Crippen molar-refractivity contribution in [1.82, 2.24) is 13.7 Å². The summed E-state index contributed by atoms with van der Waals surface area (Å²) in [5.41, 5.74) is 12.6. The van der Waals surface area contributed by atoms with Gasteiger partial charge in [0.25, 0.3) is 0 Å². The van der Waals surface area contributed by atoms with Gasteiger partial charge >= 0.3 is 0 Å². The van der Waals surface area contributed by atoms with Crippen molar-refractivity contribution in [3.8, 4) is 40.3 Å². The van der Waals surface area contributed by atoms with Crippen molar-refractivity contribution < 1.29 is 0 Å². The van der Waals surface area contributed by atoms with Gasteiger partial charge < -0.3 is 13.7 Å². The zero-order valence-electron chi connectivity index (χ0n) is 30.3. The highest BCUT2D eigenvalue weighted by molar-refractivity contribution is 6.16. The highest BCUT2D eigenvalue weighted by Crippen LogP contribution is 2.41. The van der Waals surface area contributed by atoms with E-state index in [2.05, 4.69) is 158 Å². The average molecular weight is 725 g/mol. The Labute approximate surface area is 326 Å². The number of rotatable bonds is 4. The Hall–Kier alpha value is -8.37. The van der Waals surface area contributed by atoms with Gasteiger partial charge in [0.2, 0.25) is 0 Å². The van der Waals surface area contributed by atoms with Crippen LogP contribution in [0.3, 0.4) is 0 Å². The number of fused-ring (bicyclic) bond motifs is 9. The second kappa shape index (κ2) is 12.3. The van der Waals surface area contributed by atoms with Crippen LogP contribution in [0.1, 0.15) is 11.1 Å². The fraction of sp³-hybridized carbons (Fsp3) is 0. The Morgan fingerprint density at radius 1 is 0.439 bits per heavy atom. The standard InChI is InChI=1S/C51H28N6/c1-54-35-21-25-49-44(29-35)43-26-32(30-52)20-24-48(43)57(49)50-19-9-15-42-41-14-4-7-18-47(41)56(51(42)50)36-11-8-10-33(27-36)38-23-22-37(28-34(38)31-53)55-45-16-5-2-12-39(45)40-13-3-6-17-46(40)55/h2-29H. The first-order valence-electron chi connectivity index (χ1n) is 18.7. The van der Waals surface area contributed by atoms with Crippen molar-refractivity contribution in [3.05, 3.63) is 192 Å². The average Bonchev–Trinajstić information content (AvgIpc) is 3.91. The van der Waals surface area contributed by atoms with E-state index in [-0.39, 0.29) is 0 Å². The van der Waals surface area contributed by atoms with E-state index in [4.69, 9.17) is 6.57 Å². The van der Waals surface area contributed by atoms with Gasteiger partial charge in [0.05, 0.1) is 68.6 Å². The summed E-state index contributed by atoms with van der Waals surface area (Å²) in [7, 11) is 0. The van der Waals surface area contributed by atoms with Crippen LogP contribution in [-0.4, -0.2) is 13.7 Å². The van der Waals surface area contributed by atoms with Crippen LogP contribution in [0.5, 0.6) is 0 Å². The molecule has 0 bridgehead atoms. The highest BCUT2D eigenvalue weighted by atomic mass is 15.1. The number of hydrogen-bond donors (Lipinski definition) is 0. The molecule has 0 radical (unpaired) electrons. The van der Waals surface area contributed by atoms with Crippen molar-refractivity contribution in [2.45, 2.75) is 0 Å². The van der Waals surface area contributed by atoms with E-state index in [0.29, 0.717) is 16.8 Å². The molecule has 0 fully saturated rings. The van der Waals surface area contributed by atoms with Crippen LogP contribution in [-0.2, 0) is 0 Å². The van der Waals surface area contributed by atoms with Gasteiger partial charge in [-0.25, -0.2) is 4.85 Å². The van der Waals surface area contributed by atoms with Crippen molar-refractivity contribution in [1.29, 1.82) is 10.5 Å². The lowest BCUT2D eigenvalue weighted by atomic mass is 9.99. The Morgan fingerprint density at radius 2 is 1.04 bits per heavy atom. The maximum Gasteiger partial charge on any atom is 0.188 e. The molecule has 6 heteroatoms. The summed E-state index contributed by atoms with van der Waals surface area (Å²) < 4.78 is 6.81. The van der Waals surface area contributed by atoms with E-state index in [9.17, 15) is 10.5 Å². The van der Waals surface area contributed by atoms with Crippen molar-refractivity contribution >= 4 is 71.1 Å². The number of nitrogens with zero attached hydrogens (tertiary/aromatic N) is 6. The minimum absolute atomic E-state index is 0.549. The first-order valence-corrected chi connectivity index (χ1v) is 18.7. The summed E-state index contributed by atoms with van der Waals surface area (Å²) in [6.45, 7) is 7.72. The predicted molar refractivity (Wildman–Crippen MR) is 231 cm³/mol. The lowest BCUT2D eigenvalue weighted by Crippen LogP contribution is -2.01. The Kier molecular flexibility index (Phi) is 6.95. The second-order valence-corrected chi connectivity index (χ2v) is 14.3. The zero-order valence-corrected chi connectivity index (χ0v) is 30.3. The molecule has 0 spiro atoms. The number of nitriles is 2. The van der Waals surface area contributed by atoms with Gasteiger partial charge in [-0.3, -0.25) is 0 Å². The number of para-hydroxylation sites is 4. The van der Waals surface area contributed by atoms with Crippen LogP contribution < -0.4 is 0 Å². The van der Waals surface area contributed by atoms with Gasteiger partial charge in [0.1, 0.15) is 0 Å². The van der Waals surface area contributed by atoms with Gasteiger partial charge in [-0.1, -0.05) is 91.0 Å². The maximum absolute atomic E-state index is 10.6. The molecule has 0 unspecified atom stereocenters. The molecule has 8 aromatic carbocycles. The number of hydrogen-bond acceptors (Lipinski definition) is 2. The summed E-state index contributed by atoms with van der Waals surface area (Å²) in [6.07, 6.45) is 0. The van der Waals surface area contributed by atoms with E-state index in [1.807, 2.05) is 42.5 Å². The van der Waals surface area contributed by atoms with Crippen molar-refractivity contribution in [2.24, 2.45) is 0 Å². The predicted octanol–water partition coefficient (Wildman–Crippen LogP) is 12.9. The molecule has 0 N–H and O–H groups in total. The first-order chi connectivity index (χ1) is 28.1. The molecule has 3 heterocycles. The molecule has 3 aromatic heterocycles. The molecule has 11 aromatic rings. The summed E-state index contributed by atoms with van der Waals surface area (Å²) in [5.74, 6) is 0. The monoisotopic (exact) mass is 724 g/mol. The Bertz CT molecular complexity index is 3500. The highest BCUT2D eigenvalue weighted by Gasteiger charge is 2.21. The number of aromatic nitrogens is 3. The summed E-state index contributed by atoms with van der Waals surface area (Å²) in [5, 5.41) is 26.9. The number of benzene rings is 8. The fourth-order valence-corrected chi connectivity index (χ4v) is 8.89. The molecule has 0 aliphatic heterocycles. The Balaban J connectivity index is 1.13. The van der Waals surface area contributed by atoms with E-state index in [1.54, 1.807) is 0 Å². The van der Waals surface area contributed by atoms with Gasteiger partial charge in [0, 0.05) is 38.3 Å². The third-order valence-corrected chi connectivity index (χ3v) is 11.3. The minimum Gasteiger partial charge on any atom is -0.309 e. The molecular formula is C51H28N6. The smallest absolute Gasteiger partial charge is 0.188 e. The molecule has 11 rings (SSSR count). The van der Waals surface area contributed by atoms with Gasteiger partial charge in [-0.15, -0.1) is 0 Å². The molecule has 0 amide bonds. The van der Waals surface area contributed by atoms with E-state index in [1.165, 1.54) is 10.8 Å². The van der Waals surface area contributed by atoms with Crippen molar-refractivity contribution in [3.63, 3.8) is 0 Å². The Morgan fingerprint density at radius 3 is 1.74 bits per heavy atom. The fourth-order valence-electron chi connectivity index (χ4n) is 8.89. The third-order valence-electron chi connectivity index (χ3n) is 11.3. The molecule has 0 aliphatic carbocycles. The van der Waals surface area contributed by atoms with Gasteiger partial charge in [-0.05, 0) is 95.4 Å². The molecule has 57 heavy (non-hydrogen) atoms. The molecule has 0 atom stereocenters. The van der Waals surface area contributed by atoms with Crippen LogP contribution in [0.25, 0.3) is 98.5 Å². The SMILES string of the molecule is [C-]#[N+]c1ccc2c(c1)c1cc(C#N)ccc1n2-c1cccc2c3ccccc3n(-c3cccc(-c4ccc(-n5c6ccccc6c6ccccc65)cc4C#N)c3)c12. The summed E-state index contributed by atoms with van der Waals surface area (Å²) in [6, 6.07) is 62.6. The molecule has 0 saturated carbocycles. The van der Waals surface area contributed by atoms with Gasteiger partial charge in [-0.2, -0.15) is 10.5 Å². The third kappa shape index (κ3) is 4.68. The van der Waals surface area contributed by atoms with E-state index < -0.39 is 0 Å². The molecular weight excluding hydrogens is 697 g/mol.